The van der Waals surface area contributed by atoms with E-state index in [1.807, 2.05) is 30.3 Å². The fourth-order valence-electron chi connectivity index (χ4n) is 4.32. The molecule has 0 bridgehead atoms. The smallest absolute Gasteiger partial charge is 0.242 e. The SMILES string of the molecule is CNC(=O)C(Cc1ccccc1)N(Cc1ccc(Cl)c(Cl)c1)C(=O)CCCN(c1cccc(OC)c1)S(C)(=O)=O. The van der Waals surface area contributed by atoms with E-state index in [1.54, 1.807) is 42.5 Å². The van der Waals surface area contributed by atoms with E-state index < -0.39 is 16.1 Å². The molecule has 8 nitrogen and oxygen atoms in total. The van der Waals surface area contributed by atoms with Crippen LogP contribution in [0.1, 0.15) is 24.0 Å². The summed E-state index contributed by atoms with van der Waals surface area (Å²) in [6, 6.07) is 20.4. The van der Waals surface area contributed by atoms with Gasteiger partial charge in [-0.3, -0.25) is 13.9 Å². The van der Waals surface area contributed by atoms with Crippen molar-refractivity contribution in [2.24, 2.45) is 0 Å². The lowest BCUT2D eigenvalue weighted by molar-refractivity contribution is -0.141. The van der Waals surface area contributed by atoms with Crippen molar-refractivity contribution in [3.05, 3.63) is 94.0 Å². The number of likely N-dealkylation sites (N-methyl/N-ethyl adjacent to an activating group) is 1. The lowest BCUT2D eigenvalue weighted by atomic mass is 10.0. The highest BCUT2D eigenvalue weighted by molar-refractivity contribution is 7.92. The van der Waals surface area contributed by atoms with E-state index in [9.17, 15) is 18.0 Å². The molecule has 2 amide bonds. The highest BCUT2D eigenvalue weighted by atomic mass is 35.5. The van der Waals surface area contributed by atoms with Crippen LogP contribution in [0.2, 0.25) is 10.0 Å². The second-order valence-electron chi connectivity index (χ2n) is 9.23. The minimum atomic E-state index is -3.63. The Hall–Kier alpha value is -3.27. The zero-order valence-electron chi connectivity index (χ0n) is 22.6. The topological polar surface area (TPSA) is 96.0 Å². The molecule has 1 N–H and O–H groups in total. The number of ether oxygens (including phenoxy) is 1. The van der Waals surface area contributed by atoms with Crippen LogP contribution >= 0.6 is 23.2 Å². The number of anilines is 1. The number of hydrogen-bond acceptors (Lipinski definition) is 5. The van der Waals surface area contributed by atoms with Crippen LogP contribution in [0.4, 0.5) is 5.69 Å². The molecule has 3 rings (SSSR count). The minimum absolute atomic E-state index is 0.0135. The zero-order valence-corrected chi connectivity index (χ0v) is 25.0. The number of halogens is 2. The summed E-state index contributed by atoms with van der Waals surface area (Å²) in [5.74, 6) is -0.0922. The predicted octanol–water partition coefficient (Wildman–Crippen LogP) is 4.93. The van der Waals surface area contributed by atoms with Crippen molar-refractivity contribution in [1.82, 2.24) is 10.2 Å². The molecule has 0 fully saturated rings. The average molecular weight is 607 g/mol. The first-order valence-electron chi connectivity index (χ1n) is 12.6. The molecule has 3 aromatic carbocycles. The summed E-state index contributed by atoms with van der Waals surface area (Å²) in [6.07, 6.45) is 1.66. The minimum Gasteiger partial charge on any atom is -0.497 e. The number of benzene rings is 3. The van der Waals surface area contributed by atoms with Gasteiger partial charge in [-0.25, -0.2) is 8.42 Å². The summed E-state index contributed by atoms with van der Waals surface area (Å²) < 4.78 is 31.7. The van der Waals surface area contributed by atoms with Gasteiger partial charge in [0.25, 0.3) is 0 Å². The van der Waals surface area contributed by atoms with E-state index in [-0.39, 0.29) is 37.7 Å². The van der Waals surface area contributed by atoms with Crippen molar-refractivity contribution in [3.8, 4) is 5.75 Å². The molecule has 0 radical (unpaired) electrons. The molecular weight excluding hydrogens is 573 g/mol. The molecule has 0 heterocycles. The van der Waals surface area contributed by atoms with Gasteiger partial charge < -0.3 is 15.0 Å². The molecule has 0 aromatic heterocycles. The molecule has 0 aliphatic heterocycles. The molecule has 11 heteroatoms. The Balaban J connectivity index is 1.86. The molecule has 0 saturated heterocycles. The van der Waals surface area contributed by atoms with Crippen LogP contribution in [0, 0.1) is 0 Å². The Morgan fingerprint density at radius 3 is 2.30 bits per heavy atom. The Bertz CT molecular complexity index is 1420. The van der Waals surface area contributed by atoms with E-state index in [0.717, 1.165) is 11.8 Å². The number of rotatable bonds is 13. The van der Waals surface area contributed by atoms with Crippen LogP contribution in [-0.2, 0) is 32.6 Å². The second-order valence-corrected chi connectivity index (χ2v) is 12.0. The summed E-state index contributed by atoms with van der Waals surface area (Å²) in [5.41, 5.74) is 2.04. The number of methoxy groups -OCH3 is 1. The zero-order chi connectivity index (χ0) is 29.3. The van der Waals surface area contributed by atoms with E-state index in [0.29, 0.717) is 33.5 Å². The fourth-order valence-corrected chi connectivity index (χ4v) is 5.60. The first-order valence-corrected chi connectivity index (χ1v) is 15.2. The van der Waals surface area contributed by atoms with Gasteiger partial charge in [-0.1, -0.05) is 65.7 Å². The number of hydrogen-bond donors (Lipinski definition) is 1. The summed E-state index contributed by atoms with van der Waals surface area (Å²) >= 11 is 12.3. The van der Waals surface area contributed by atoms with Crippen molar-refractivity contribution in [3.63, 3.8) is 0 Å². The quantitative estimate of drug-likeness (QED) is 0.298. The molecule has 1 atom stereocenters. The van der Waals surface area contributed by atoms with Gasteiger partial charge in [0.2, 0.25) is 21.8 Å². The van der Waals surface area contributed by atoms with Crippen molar-refractivity contribution in [1.29, 1.82) is 0 Å². The summed E-state index contributed by atoms with van der Waals surface area (Å²) in [5, 5.41) is 3.40. The normalized spacial score (nSPS) is 11.9. The van der Waals surface area contributed by atoms with Crippen molar-refractivity contribution >= 4 is 50.7 Å². The number of carbonyl (C=O) groups is 2. The average Bonchev–Trinajstić information content (AvgIpc) is 2.94. The first kappa shape index (κ1) is 31.3. The van der Waals surface area contributed by atoms with Gasteiger partial charge in [-0.05, 0) is 41.8 Å². The Kier molecular flexibility index (Phi) is 11.2. The van der Waals surface area contributed by atoms with Gasteiger partial charge in [0.15, 0.2) is 0 Å². The van der Waals surface area contributed by atoms with Crippen LogP contribution in [0.25, 0.3) is 0 Å². The molecule has 0 aliphatic rings. The molecule has 1 unspecified atom stereocenters. The maximum Gasteiger partial charge on any atom is 0.242 e. The van der Waals surface area contributed by atoms with Gasteiger partial charge >= 0.3 is 0 Å². The van der Waals surface area contributed by atoms with Crippen LogP contribution < -0.4 is 14.4 Å². The Labute approximate surface area is 245 Å². The van der Waals surface area contributed by atoms with Gasteiger partial charge in [-0.2, -0.15) is 0 Å². The fraction of sp³-hybridized carbons (Fsp3) is 0.310. The predicted molar refractivity (Wildman–Crippen MR) is 159 cm³/mol. The van der Waals surface area contributed by atoms with Gasteiger partial charge in [0.1, 0.15) is 11.8 Å². The molecule has 0 aliphatic carbocycles. The lowest BCUT2D eigenvalue weighted by Gasteiger charge is -2.31. The van der Waals surface area contributed by atoms with Gasteiger partial charge in [0, 0.05) is 39.0 Å². The maximum absolute atomic E-state index is 13.7. The van der Waals surface area contributed by atoms with Crippen molar-refractivity contribution < 1.29 is 22.7 Å². The maximum atomic E-state index is 13.7. The summed E-state index contributed by atoms with van der Waals surface area (Å²) in [7, 11) is -0.600. The van der Waals surface area contributed by atoms with E-state index in [2.05, 4.69) is 5.32 Å². The first-order chi connectivity index (χ1) is 19.0. The largest absolute Gasteiger partial charge is 0.497 e. The van der Waals surface area contributed by atoms with Gasteiger partial charge in [0.05, 0.1) is 29.1 Å². The third-order valence-corrected chi connectivity index (χ3v) is 8.28. The molecule has 40 heavy (non-hydrogen) atoms. The highest BCUT2D eigenvalue weighted by Crippen LogP contribution is 2.26. The number of sulfonamides is 1. The van der Waals surface area contributed by atoms with Crippen LogP contribution in [-0.4, -0.2) is 58.1 Å². The highest BCUT2D eigenvalue weighted by Gasteiger charge is 2.30. The van der Waals surface area contributed by atoms with Crippen molar-refractivity contribution in [2.45, 2.75) is 31.8 Å². The number of carbonyl (C=O) groups excluding carboxylic acids is 2. The number of nitrogens with zero attached hydrogens (tertiary/aromatic N) is 2. The number of amides is 2. The second kappa shape index (κ2) is 14.4. The standard InChI is InChI=1S/C29H33Cl2N3O5S/c1-32-29(36)27(18-21-9-5-4-6-10-21)33(20-22-14-15-25(30)26(31)17-22)28(35)13-8-16-34(40(3,37)38)23-11-7-12-24(19-23)39-2/h4-7,9-12,14-15,17,19,27H,8,13,16,18,20H2,1-3H3,(H,32,36). The van der Waals surface area contributed by atoms with E-state index >= 15 is 0 Å². The Morgan fingerprint density at radius 2 is 1.68 bits per heavy atom. The van der Waals surface area contributed by atoms with Crippen LogP contribution in [0.3, 0.4) is 0 Å². The van der Waals surface area contributed by atoms with E-state index in [4.69, 9.17) is 27.9 Å². The summed E-state index contributed by atoms with van der Waals surface area (Å²) in [6.45, 7) is 0.188. The molecule has 3 aromatic rings. The molecule has 214 valence electrons. The van der Waals surface area contributed by atoms with Crippen LogP contribution in [0.15, 0.2) is 72.8 Å². The van der Waals surface area contributed by atoms with Crippen LogP contribution in [0.5, 0.6) is 5.75 Å². The molecule has 0 spiro atoms. The molecule has 0 saturated carbocycles. The monoisotopic (exact) mass is 605 g/mol. The lowest BCUT2D eigenvalue weighted by Crippen LogP contribution is -2.49. The van der Waals surface area contributed by atoms with E-state index in [1.165, 1.54) is 23.4 Å². The Morgan fingerprint density at radius 1 is 0.950 bits per heavy atom. The van der Waals surface area contributed by atoms with Gasteiger partial charge in [-0.15, -0.1) is 0 Å². The molecular formula is C29H33Cl2N3O5S. The summed E-state index contributed by atoms with van der Waals surface area (Å²) in [4.78, 5) is 28.3. The number of nitrogens with one attached hydrogen (secondary N) is 1. The third kappa shape index (κ3) is 8.61. The van der Waals surface area contributed by atoms with Crippen molar-refractivity contribution in [2.75, 3.05) is 31.3 Å². The third-order valence-electron chi connectivity index (χ3n) is 6.35.